The Labute approximate surface area is 157 Å². The quantitative estimate of drug-likeness (QED) is 0.650. The summed E-state index contributed by atoms with van der Waals surface area (Å²) >= 11 is 0.315. The Bertz CT molecular complexity index is 769. The predicted octanol–water partition coefficient (Wildman–Crippen LogP) is 3.40. The van der Waals surface area contributed by atoms with Gasteiger partial charge in [0.2, 0.25) is 0 Å². The van der Waals surface area contributed by atoms with Crippen molar-refractivity contribution in [2.45, 2.75) is 32.4 Å². The molecule has 0 amide bonds. The molecule has 0 unspecified atom stereocenters. The van der Waals surface area contributed by atoms with E-state index in [0.717, 1.165) is 5.69 Å². The molecular weight excluding hydrogens is 389 g/mol. The molecule has 2 nitrogen and oxygen atoms in total. The van der Waals surface area contributed by atoms with Crippen LogP contribution in [0, 0.1) is 0 Å². The van der Waals surface area contributed by atoms with Crippen LogP contribution in [0.4, 0.5) is 5.69 Å². The summed E-state index contributed by atoms with van der Waals surface area (Å²) in [4.78, 5) is 2.17. The maximum atomic E-state index is 6.90. The van der Waals surface area contributed by atoms with Crippen LogP contribution in [0.15, 0.2) is 71.7 Å². The van der Waals surface area contributed by atoms with Crippen LogP contribution < -0.4 is 16.1 Å². The van der Waals surface area contributed by atoms with Crippen molar-refractivity contribution in [3.8, 4) is 0 Å². The monoisotopic (exact) mass is 415 g/mol. The third-order valence-corrected chi connectivity index (χ3v) is 11.5. The van der Waals surface area contributed by atoms with Gasteiger partial charge in [-0.2, -0.15) is 0 Å². The van der Waals surface area contributed by atoms with Gasteiger partial charge in [-0.15, -0.1) is 0 Å². The van der Waals surface area contributed by atoms with Crippen molar-refractivity contribution in [1.82, 2.24) is 0 Å². The van der Waals surface area contributed by atoms with E-state index in [9.17, 15) is 0 Å². The van der Waals surface area contributed by atoms with Gasteiger partial charge in [-0.25, -0.2) is 0 Å². The molecule has 130 valence electrons. The molecule has 0 bridgehead atoms. The average molecular weight is 414 g/mol. The fraction of sp³-hybridized carbons (Fsp3) is 0.238. The molecule has 0 aliphatic heterocycles. The van der Waals surface area contributed by atoms with Crippen LogP contribution in [0.3, 0.4) is 0 Å². The van der Waals surface area contributed by atoms with Crippen molar-refractivity contribution in [1.29, 1.82) is 0 Å². The number of benzene rings is 2. The molecule has 0 radical (unpaired) electrons. The molecule has 0 spiro atoms. The summed E-state index contributed by atoms with van der Waals surface area (Å²) in [6.07, 6.45) is 0. The molecule has 3 aromatic rings. The number of rotatable bonds is 5. The third kappa shape index (κ3) is 3.53. The summed E-state index contributed by atoms with van der Waals surface area (Å²) in [7, 11) is -2.45. The van der Waals surface area contributed by atoms with Gasteiger partial charge < -0.3 is 0 Å². The molecule has 0 fully saturated rings. The van der Waals surface area contributed by atoms with Crippen molar-refractivity contribution < 1.29 is 4.43 Å². The Kier molecular flexibility index (Phi) is 5.35. The van der Waals surface area contributed by atoms with Gasteiger partial charge >= 0.3 is 158 Å². The van der Waals surface area contributed by atoms with Gasteiger partial charge in [0.15, 0.2) is 0 Å². The summed E-state index contributed by atoms with van der Waals surface area (Å²) in [6.45, 7) is 7.52. The van der Waals surface area contributed by atoms with E-state index in [1.807, 2.05) is 6.07 Å². The van der Waals surface area contributed by atoms with Gasteiger partial charge in [-0.1, -0.05) is 0 Å². The number of nitrogens with two attached hydrogens (primary N) is 1. The minimum absolute atomic E-state index is 0.00403. The first-order chi connectivity index (χ1) is 11.9. The van der Waals surface area contributed by atoms with Crippen molar-refractivity contribution in [2.75, 3.05) is 5.73 Å². The fourth-order valence-corrected chi connectivity index (χ4v) is 9.64. The van der Waals surface area contributed by atoms with E-state index < -0.39 is 8.32 Å². The van der Waals surface area contributed by atoms with Crippen LogP contribution in [0.25, 0.3) is 0 Å². The first-order valence-corrected chi connectivity index (χ1v) is 12.3. The summed E-state index contributed by atoms with van der Waals surface area (Å²) in [5.74, 6) is 0. The Morgan fingerprint density at radius 1 is 0.880 bits per heavy atom. The van der Waals surface area contributed by atoms with Gasteiger partial charge in [0, 0.05) is 0 Å². The molecule has 0 aliphatic carbocycles. The Morgan fingerprint density at radius 3 is 1.80 bits per heavy atom. The zero-order valence-corrected chi connectivity index (χ0v) is 17.7. The van der Waals surface area contributed by atoms with Crippen LogP contribution in [0.5, 0.6) is 0 Å². The Balaban J connectivity index is 2.13. The SMILES string of the molecule is CC(C)(C)[Si](OCc1[se]ccc1N)(c1ccccc1)c1ccccc1. The number of hydrogen-bond acceptors (Lipinski definition) is 2. The second-order valence-corrected chi connectivity index (χ2v) is 13.7. The van der Waals surface area contributed by atoms with Gasteiger partial charge in [-0.05, 0) is 0 Å². The third-order valence-electron chi connectivity index (χ3n) is 4.62. The number of anilines is 1. The molecule has 4 heteroatoms. The van der Waals surface area contributed by atoms with Gasteiger partial charge in [0.25, 0.3) is 0 Å². The van der Waals surface area contributed by atoms with Crippen LogP contribution in [0.1, 0.15) is 25.2 Å². The summed E-state index contributed by atoms with van der Waals surface area (Å²) < 4.78 is 8.15. The molecule has 25 heavy (non-hydrogen) atoms. The van der Waals surface area contributed by atoms with Gasteiger partial charge in [0.1, 0.15) is 0 Å². The van der Waals surface area contributed by atoms with Crippen molar-refractivity contribution in [2.24, 2.45) is 0 Å². The van der Waals surface area contributed by atoms with Crippen molar-refractivity contribution in [3.63, 3.8) is 0 Å². The maximum absolute atomic E-state index is 6.90. The number of hydrogen-bond donors (Lipinski definition) is 1. The van der Waals surface area contributed by atoms with Crippen molar-refractivity contribution >= 4 is 38.9 Å². The van der Waals surface area contributed by atoms with E-state index in [2.05, 4.69) is 86.4 Å². The van der Waals surface area contributed by atoms with E-state index in [0.29, 0.717) is 21.1 Å². The second-order valence-electron chi connectivity index (χ2n) is 7.25. The van der Waals surface area contributed by atoms with Gasteiger partial charge in [0.05, 0.1) is 0 Å². The average Bonchev–Trinajstić information content (AvgIpc) is 3.01. The van der Waals surface area contributed by atoms with Crippen LogP contribution in [0.2, 0.25) is 5.04 Å². The standard InChI is InChI=1S/C21H25NOSeSi/c1-21(2,3)25(17-10-6-4-7-11-17,18-12-8-5-9-13-18)23-16-20-19(22)14-15-24-20/h4-15H,16,22H2,1-3H3. The molecule has 3 rings (SSSR count). The molecular formula is C21H25NOSeSi. The first kappa shape index (κ1) is 18.2. The zero-order valence-electron chi connectivity index (χ0n) is 15.0. The fourth-order valence-electron chi connectivity index (χ4n) is 3.40. The topological polar surface area (TPSA) is 35.2 Å². The van der Waals surface area contributed by atoms with Crippen molar-refractivity contribution in [3.05, 3.63) is 76.1 Å². The van der Waals surface area contributed by atoms with E-state index in [4.69, 9.17) is 10.2 Å². The summed E-state index contributed by atoms with van der Waals surface area (Å²) in [6, 6.07) is 23.5. The minimum atomic E-state index is -2.45. The van der Waals surface area contributed by atoms with E-state index >= 15 is 0 Å². The summed E-state index contributed by atoms with van der Waals surface area (Å²) in [5.41, 5.74) is 7.03. The molecule has 2 N–H and O–H groups in total. The molecule has 0 saturated heterocycles. The zero-order chi connectivity index (χ0) is 17.9. The normalized spacial score (nSPS) is 12.3. The molecule has 2 aromatic carbocycles. The molecule has 0 atom stereocenters. The second kappa shape index (κ2) is 7.34. The summed E-state index contributed by atoms with van der Waals surface area (Å²) in [5, 5.41) is 2.63. The Hall–Kier alpha value is -1.58. The van der Waals surface area contributed by atoms with Gasteiger partial charge in [-0.3, -0.25) is 0 Å². The Morgan fingerprint density at radius 2 is 1.40 bits per heavy atom. The molecule has 0 saturated carbocycles. The van der Waals surface area contributed by atoms with Crippen LogP contribution in [-0.2, 0) is 11.0 Å². The molecule has 1 heterocycles. The molecule has 0 aliphatic rings. The molecule has 1 aromatic heterocycles. The van der Waals surface area contributed by atoms with E-state index in [1.54, 1.807) is 0 Å². The van der Waals surface area contributed by atoms with Crippen LogP contribution >= 0.6 is 0 Å². The predicted molar refractivity (Wildman–Crippen MR) is 110 cm³/mol. The first-order valence-electron chi connectivity index (χ1n) is 8.52. The number of nitrogen functional groups attached to an aromatic ring is 1. The van der Waals surface area contributed by atoms with E-state index in [1.165, 1.54) is 14.8 Å². The van der Waals surface area contributed by atoms with E-state index in [-0.39, 0.29) is 5.04 Å². The van der Waals surface area contributed by atoms with Crippen LogP contribution in [-0.4, -0.2) is 22.8 Å².